The first kappa shape index (κ1) is 20.9. The van der Waals surface area contributed by atoms with E-state index in [0.29, 0.717) is 11.1 Å². The number of para-hydroxylation sites is 1. The van der Waals surface area contributed by atoms with E-state index in [1.807, 2.05) is 53.3 Å². The van der Waals surface area contributed by atoms with E-state index in [4.69, 9.17) is 16.7 Å². The molecule has 1 aliphatic carbocycles. The van der Waals surface area contributed by atoms with Gasteiger partial charge in [-0.1, -0.05) is 35.9 Å². The van der Waals surface area contributed by atoms with Gasteiger partial charge in [-0.25, -0.2) is 9.67 Å². The molecule has 7 heteroatoms. The van der Waals surface area contributed by atoms with Crippen LogP contribution in [0.3, 0.4) is 0 Å². The Balaban J connectivity index is 1.24. The topological polar surface area (TPSA) is 54.3 Å². The van der Waals surface area contributed by atoms with Gasteiger partial charge in [-0.15, -0.1) is 0 Å². The summed E-state index contributed by atoms with van der Waals surface area (Å²) in [5.41, 5.74) is 5.08. The normalized spacial score (nSPS) is 21.6. The quantitative estimate of drug-likeness (QED) is 0.512. The first-order chi connectivity index (χ1) is 16.1. The first-order valence-electron chi connectivity index (χ1n) is 11.9. The summed E-state index contributed by atoms with van der Waals surface area (Å²) in [6, 6.07) is 14.4. The Morgan fingerprint density at radius 1 is 1.03 bits per heavy atom. The van der Waals surface area contributed by atoms with E-state index in [0.717, 1.165) is 49.6 Å². The lowest BCUT2D eigenvalue weighted by atomic mass is 9.98. The van der Waals surface area contributed by atoms with Gasteiger partial charge in [0.25, 0.3) is 5.91 Å². The van der Waals surface area contributed by atoms with E-state index >= 15 is 0 Å². The van der Waals surface area contributed by atoms with E-state index in [1.54, 1.807) is 0 Å². The van der Waals surface area contributed by atoms with Crippen LogP contribution in [-0.4, -0.2) is 49.6 Å². The molecule has 0 N–H and O–H groups in total. The molecule has 3 aliphatic rings. The standard InChI is InChI=1S/C26H28ClN5O/c1-17-23-24(19-8-9-19)31(26(33)25(23)32(29-17)21-5-3-2-4-6-21)20-11-13-30(14-12-20)16-18-7-10-22(27)28-15-18/h2-7,10,15,19-20,24H,8-9,11-14,16H2,1H3. The van der Waals surface area contributed by atoms with Crippen LogP contribution in [0.15, 0.2) is 48.7 Å². The Hall–Kier alpha value is -2.70. The van der Waals surface area contributed by atoms with Crippen molar-refractivity contribution in [3.05, 3.63) is 76.3 Å². The second kappa shape index (κ2) is 8.26. The Bertz CT molecular complexity index is 1160. The maximum Gasteiger partial charge on any atom is 0.273 e. The number of likely N-dealkylation sites (tertiary alicyclic amines) is 1. The molecule has 1 amide bonds. The van der Waals surface area contributed by atoms with Gasteiger partial charge in [0.05, 0.1) is 17.4 Å². The van der Waals surface area contributed by atoms with Gasteiger partial charge in [0.15, 0.2) is 0 Å². The van der Waals surface area contributed by atoms with Crippen molar-refractivity contribution >= 4 is 17.5 Å². The van der Waals surface area contributed by atoms with Crippen LogP contribution in [-0.2, 0) is 6.54 Å². The SMILES string of the molecule is Cc1nn(-c2ccccc2)c2c1C(C1CC1)N(C1CCN(Cc3ccc(Cl)nc3)CC1)C2=O. The zero-order valence-electron chi connectivity index (χ0n) is 18.8. The summed E-state index contributed by atoms with van der Waals surface area (Å²) < 4.78 is 1.88. The summed E-state index contributed by atoms with van der Waals surface area (Å²) in [7, 11) is 0. The number of fused-ring (bicyclic) bond motifs is 1. The fraction of sp³-hybridized carbons (Fsp3) is 0.423. The van der Waals surface area contributed by atoms with Crippen LogP contribution < -0.4 is 0 Å². The van der Waals surface area contributed by atoms with Gasteiger partial charge in [0, 0.05) is 37.4 Å². The number of pyridine rings is 1. The molecular formula is C26H28ClN5O. The molecule has 1 saturated carbocycles. The van der Waals surface area contributed by atoms with Gasteiger partial charge in [0.1, 0.15) is 10.8 Å². The smallest absolute Gasteiger partial charge is 0.273 e. The number of carbonyl (C=O) groups excluding carboxylic acids is 1. The summed E-state index contributed by atoms with van der Waals surface area (Å²) in [5.74, 6) is 0.729. The minimum absolute atomic E-state index is 0.159. The third kappa shape index (κ3) is 3.75. The number of amides is 1. The maximum absolute atomic E-state index is 13.9. The van der Waals surface area contributed by atoms with Crippen LogP contribution in [0.2, 0.25) is 5.15 Å². The van der Waals surface area contributed by atoms with Crippen molar-refractivity contribution in [2.45, 2.75) is 51.2 Å². The molecule has 170 valence electrons. The highest BCUT2D eigenvalue weighted by Gasteiger charge is 2.51. The van der Waals surface area contributed by atoms with Crippen molar-refractivity contribution in [2.24, 2.45) is 5.92 Å². The van der Waals surface area contributed by atoms with Crippen molar-refractivity contribution < 1.29 is 4.79 Å². The van der Waals surface area contributed by atoms with Gasteiger partial charge in [-0.2, -0.15) is 5.10 Å². The summed E-state index contributed by atoms with van der Waals surface area (Å²) >= 11 is 5.93. The van der Waals surface area contributed by atoms with Crippen LogP contribution in [0.25, 0.3) is 5.69 Å². The van der Waals surface area contributed by atoms with Crippen molar-refractivity contribution in [1.29, 1.82) is 0 Å². The average molecular weight is 462 g/mol. The number of nitrogens with zero attached hydrogens (tertiary/aromatic N) is 5. The fourth-order valence-electron chi connectivity index (χ4n) is 5.62. The van der Waals surface area contributed by atoms with Crippen molar-refractivity contribution in [3.63, 3.8) is 0 Å². The highest BCUT2D eigenvalue weighted by Crippen LogP contribution is 2.52. The minimum atomic E-state index is 0.159. The predicted molar refractivity (Wildman–Crippen MR) is 127 cm³/mol. The first-order valence-corrected chi connectivity index (χ1v) is 12.3. The molecule has 0 spiro atoms. The summed E-state index contributed by atoms with van der Waals surface area (Å²) in [6.07, 6.45) is 6.25. The second-order valence-corrected chi connectivity index (χ2v) is 9.97. The molecule has 1 aromatic carbocycles. The average Bonchev–Trinajstić information content (AvgIpc) is 3.56. The lowest BCUT2D eigenvalue weighted by Crippen LogP contribution is -2.47. The van der Waals surface area contributed by atoms with Gasteiger partial charge in [-0.3, -0.25) is 9.69 Å². The van der Waals surface area contributed by atoms with Gasteiger partial charge in [0.2, 0.25) is 0 Å². The summed E-state index contributed by atoms with van der Waals surface area (Å²) in [4.78, 5) is 22.8. The predicted octanol–water partition coefficient (Wildman–Crippen LogP) is 4.80. The Morgan fingerprint density at radius 2 is 1.79 bits per heavy atom. The highest BCUT2D eigenvalue weighted by atomic mass is 35.5. The van der Waals surface area contributed by atoms with E-state index < -0.39 is 0 Å². The number of halogens is 1. The molecule has 2 fully saturated rings. The molecular weight excluding hydrogens is 434 g/mol. The fourth-order valence-corrected chi connectivity index (χ4v) is 5.74. The minimum Gasteiger partial charge on any atom is -0.327 e. The molecule has 0 bridgehead atoms. The Morgan fingerprint density at radius 3 is 2.45 bits per heavy atom. The molecule has 1 atom stereocenters. The molecule has 33 heavy (non-hydrogen) atoms. The summed E-state index contributed by atoms with van der Waals surface area (Å²) in [6.45, 7) is 4.90. The lowest BCUT2D eigenvalue weighted by molar-refractivity contribution is 0.0448. The van der Waals surface area contributed by atoms with Crippen LogP contribution in [0.1, 0.15) is 59.0 Å². The number of aryl methyl sites for hydroxylation is 1. The second-order valence-electron chi connectivity index (χ2n) is 9.59. The molecule has 3 aromatic rings. The van der Waals surface area contributed by atoms with Crippen LogP contribution in [0.5, 0.6) is 0 Å². The van der Waals surface area contributed by atoms with E-state index in [-0.39, 0.29) is 18.0 Å². The molecule has 4 heterocycles. The van der Waals surface area contributed by atoms with Crippen LogP contribution in [0.4, 0.5) is 0 Å². The van der Waals surface area contributed by atoms with Crippen molar-refractivity contribution in [3.8, 4) is 5.69 Å². The number of hydrogen-bond acceptors (Lipinski definition) is 4. The van der Waals surface area contributed by atoms with Crippen molar-refractivity contribution in [2.75, 3.05) is 13.1 Å². The third-order valence-corrected chi connectivity index (χ3v) is 7.58. The zero-order chi connectivity index (χ0) is 22.5. The maximum atomic E-state index is 13.9. The zero-order valence-corrected chi connectivity index (χ0v) is 19.6. The Kier molecular flexibility index (Phi) is 5.23. The molecule has 6 nitrogen and oxygen atoms in total. The molecule has 2 aliphatic heterocycles. The lowest BCUT2D eigenvalue weighted by Gasteiger charge is -2.40. The number of piperidine rings is 1. The number of carbonyl (C=O) groups is 1. The van der Waals surface area contributed by atoms with E-state index in [1.165, 1.54) is 24.0 Å². The van der Waals surface area contributed by atoms with Gasteiger partial charge < -0.3 is 4.90 Å². The molecule has 6 rings (SSSR count). The summed E-state index contributed by atoms with van der Waals surface area (Å²) in [5, 5.41) is 5.33. The Labute approximate surface area is 199 Å². The molecule has 2 aromatic heterocycles. The molecule has 0 radical (unpaired) electrons. The monoisotopic (exact) mass is 461 g/mol. The van der Waals surface area contributed by atoms with Crippen molar-refractivity contribution in [1.82, 2.24) is 24.6 Å². The molecule has 1 unspecified atom stereocenters. The highest BCUT2D eigenvalue weighted by molar-refractivity contribution is 6.29. The van der Waals surface area contributed by atoms with E-state index in [9.17, 15) is 4.79 Å². The number of rotatable bonds is 5. The number of benzene rings is 1. The van der Waals surface area contributed by atoms with Gasteiger partial charge in [-0.05, 0) is 62.3 Å². The van der Waals surface area contributed by atoms with E-state index in [2.05, 4.69) is 21.7 Å². The largest absolute Gasteiger partial charge is 0.327 e. The van der Waals surface area contributed by atoms with Crippen LogP contribution >= 0.6 is 11.6 Å². The number of hydrogen-bond donors (Lipinski definition) is 0. The number of aromatic nitrogens is 3. The van der Waals surface area contributed by atoms with Crippen LogP contribution in [0, 0.1) is 12.8 Å². The molecule has 1 saturated heterocycles. The van der Waals surface area contributed by atoms with Gasteiger partial charge >= 0.3 is 0 Å². The third-order valence-electron chi connectivity index (χ3n) is 7.35.